The zero-order valence-electron chi connectivity index (χ0n) is 14.2. The molecule has 138 valence electrons. The average molecular weight is 379 g/mol. The van der Waals surface area contributed by atoms with Crippen molar-refractivity contribution in [3.8, 4) is 5.75 Å². The second-order valence-electron chi connectivity index (χ2n) is 6.12. The standard InChI is InChI=1S/C16H26N2O4S.ClH/c1-3-21-10-11-22-14-4-6-15(7-5-14)23(19,20)18-9-8-16(2,12-17)13-18;/h4-7H,3,8-13,17H2,1-2H3;1H. The second-order valence-corrected chi connectivity index (χ2v) is 8.06. The first-order valence-corrected chi connectivity index (χ1v) is 9.36. The average Bonchev–Trinajstić information content (AvgIpc) is 2.96. The maximum atomic E-state index is 12.7. The van der Waals surface area contributed by atoms with Gasteiger partial charge in [0.2, 0.25) is 10.0 Å². The maximum absolute atomic E-state index is 12.7. The van der Waals surface area contributed by atoms with Gasteiger partial charge in [0.1, 0.15) is 12.4 Å². The summed E-state index contributed by atoms with van der Waals surface area (Å²) in [6.45, 7) is 7.04. The molecule has 1 unspecified atom stereocenters. The van der Waals surface area contributed by atoms with Gasteiger partial charge in [0.15, 0.2) is 0 Å². The van der Waals surface area contributed by atoms with Crippen LogP contribution >= 0.6 is 12.4 Å². The molecule has 0 bridgehead atoms. The summed E-state index contributed by atoms with van der Waals surface area (Å²) in [5.41, 5.74) is 5.62. The molecular formula is C16H27ClN2O4S. The van der Waals surface area contributed by atoms with Crippen molar-refractivity contribution in [3.63, 3.8) is 0 Å². The van der Waals surface area contributed by atoms with E-state index in [1.54, 1.807) is 24.3 Å². The lowest BCUT2D eigenvalue weighted by atomic mass is 9.90. The Bertz CT molecular complexity index is 609. The molecule has 2 N–H and O–H groups in total. The Morgan fingerprint density at radius 1 is 1.25 bits per heavy atom. The Balaban J connectivity index is 0.00000288. The largest absolute Gasteiger partial charge is 0.491 e. The molecule has 0 amide bonds. The van der Waals surface area contributed by atoms with Crippen molar-refractivity contribution >= 4 is 22.4 Å². The van der Waals surface area contributed by atoms with Gasteiger partial charge >= 0.3 is 0 Å². The predicted octanol–water partition coefficient (Wildman–Crippen LogP) is 1.88. The summed E-state index contributed by atoms with van der Waals surface area (Å²) in [7, 11) is -3.47. The van der Waals surface area contributed by atoms with Gasteiger partial charge in [0.25, 0.3) is 0 Å². The Morgan fingerprint density at radius 3 is 2.46 bits per heavy atom. The molecule has 1 aromatic carbocycles. The number of halogens is 1. The van der Waals surface area contributed by atoms with Gasteiger partial charge in [-0.1, -0.05) is 6.92 Å². The summed E-state index contributed by atoms with van der Waals surface area (Å²) in [4.78, 5) is 0.288. The molecular weight excluding hydrogens is 352 g/mol. The fourth-order valence-electron chi connectivity index (χ4n) is 2.57. The van der Waals surface area contributed by atoms with Crippen molar-refractivity contribution in [3.05, 3.63) is 24.3 Å². The molecule has 0 aromatic heterocycles. The third kappa shape index (κ3) is 5.07. The van der Waals surface area contributed by atoms with E-state index >= 15 is 0 Å². The Kier molecular flexibility index (Phi) is 7.95. The van der Waals surface area contributed by atoms with Gasteiger partial charge in [-0.3, -0.25) is 0 Å². The first-order valence-electron chi connectivity index (χ1n) is 7.92. The Labute approximate surface area is 150 Å². The van der Waals surface area contributed by atoms with E-state index in [4.69, 9.17) is 15.2 Å². The quantitative estimate of drug-likeness (QED) is 0.698. The molecule has 6 nitrogen and oxygen atoms in total. The van der Waals surface area contributed by atoms with Crippen molar-refractivity contribution in [2.75, 3.05) is 39.5 Å². The minimum Gasteiger partial charge on any atom is -0.491 e. The molecule has 1 aliphatic heterocycles. The van der Waals surface area contributed by atoms with Crippen LogP contribution in [0.1, 0.15) is 20.3 Å². The number of sulfonamides is 1. The van der Waals surface area contributed by atoms with Gasteiger partial charge in [-0.2, -0.15) is 4.31 Å². The lowest BCUT2D eigenvalue weighted by molar-refractivity contribution is 0.110. The van der Waals surface area contributed by atoms with Crippen LogP contribution in [-0.4, -0.2) is 52.2 Å². The number of ether oxygens (including phenoxy) is 2. The van der Waals surface area contributed by atoms with Crippen LogP contribution in [0.5, 0.6) is 5.75 Å². The minimum absolute atomic E-state index is 0. The smallest absolute Gasteiger partial charge is 0.243 e. The predicted molar refractivity (Wildman–Crippen MR) is 96.2 cm³/mol. The van der Waals surface area contributed by atoms with Crippen LogP contribution in [0.25, 0.3) is 0 Å². The van der Waals surface area contributed by atoms with Crippen LogP contribution in [-0.2, 0) is 14.8 Å². The first kappa shape index (κ1) is 21.2. The van der Waals surface area contributed by atoms with E-state index in [0.29, 0.717) is 45.2 Å². The number of nitrogens with zero attached hydrogens (tertiary/aromatic N) is 1. The van der Waals surface area contributed by atoms with Gasteiger partial charge in [0, 0.05) is 19.7 Å². The number of benzene rings is 1. The van der Waals surface area contributed by atoms with Crippen molar-refractivity contribution in [2.45, 2.75) is 25.2 Å². The summed E-state index contributed by atoms with van der Waals surface area (Å²) in [6, 6.07) is 6.53. The summed E-state index contributed by atoms with van der Waals surface area (Å²) < 4.78 is 37.6. The molecule has 0 aliphatic carbocycles. The Hall–Kier alpha value is -0.860. The van der Waals surface area contributed by atoms with Gasteiger partial charge < -0.3 is 15.2 Å². The van der Waals surface area contributed by atoms with Crippen molar-refractivity contribution in [2.24, 2.45) is 11.1 Å². The molecule has 1 aliphatic rings. The molecule has 1 saturated heterocycles. The number of rotatable bonds is 8. The molecule has 1 aromatic rings. The lowest BCUT2D eigenvalue weighted by Gasteiger charge is -2.22. The van der Waals surface area contributed by atoms with Crippen LogP contribution in [0, 0.1) is 5.41 Å². The second kappa shape index (κ2) is 9.01. The molecule has 1 fully saturated rings. The molecule has 0 saturated carbocycles. The third-order valence-corrected chi connectivity index (χ3v) is 6.04. The first-order chi connectivity index (χ1) is 10.9. The molecule has 1 atom stereocenters. The topological polar surface area (TPSA) is 81.9 Å². The van der Waals surface area contributed by atoms with E-state index in [2.05, 4.69) is 0 Å². The van der Waals surface area contributed by atoms with Crippen LogP contribution in [0.3, 0.4) is 0 Å². The highest BCUT2D eigenvalue weighted by Gasteiger charge is 2.38. The van der Waals surface area contributed by atoms with Crippen molar-refractivity contribution in [1.82, 2.24) is 4.31 Å². The van der Waals surface area contributed by atoms with Crippen LogP contribution in [0.2, 0.25) is 0 Å². The molecule has 0 spiro atoms. The van der Waals surface area contributed by atoms with Crippen molar-refractivity contribution in [1.29, 1.82) is 0 Å². The SMILES string of the molecule is CCOCCOc1ccc(S(=O)(=O)N2CCC(C)(CN)C2)cc1.Cl. The third-order valence-electron chi connectivity index (χ3n) is 4.18. The normalized spacial score (nSPS) is 21.5. The molecule has 2 rings (SSSR count). The molecule has 24 heavy (non-hydrogen) atoms. The minimum atomic E-state index is -3.47. The van der Waals surface area contributed by atoms with Crippen LogP contribution in [0.4, 0.5) is 0 Å². The highest BCUT2D eigenvalue weighted by atomic mass is 35.5. The lowest BCUT2D eigenvalue weighted by Crippen LogP contribution is -2.34. The van der Waals surface area contributed by atoms with Gasteiger partial charge in [0.05, 0.1) is 11.5 Å². The Morgan fingerprint density at radius 2 is 1.92 bits per heavy atom. The van der Waals surface area contributed by atoms with E-state index in [1.807, 2.05) is 13.8 Å². The zero-order chi connectivity index (χ0) is 16.9. The molecule has 1 heterocycles. The number of hydrogen-bond donors (Lipinski definition) is 1. The fraction of sp³-hybridized carbons (Fsp3) is 0.625. The summed E-state index contributed by atoms with van der Waals surface area (Å²) in [6.07, 6.45) is 0.793. The summed E-state index contributed by atoms with van der Waals surface area (Å²) in [5.74, 6) is 0.636. The van der Waals surface area contributed by atoms with Gasteiger partial charge in [-0.25, -0.2) is 8.42 Å². The number of hydrogen-bond acceptors (Lipinski definition) is 5. The maximum Gasteiger partial charge on any atom is 0.243 e. The van der Waals surface area contributed by atoms with E-state index in [-0.39, 0.29) is 22.7 Å². The van der Waals surface area contributed by atoms with E-state index < -0.39 is 10.0 Å². The van der Waals surface area contributed by atoms with E-state index in [9.17, 15) is 8.42 Å². The summed E-state index contributed by atoms with van der Waals surface area (Å²) in [5, 5.41) is 0. The molecule has 8 heteroatoms. The summed E-state index contributed by atoms with van der Waals surface area (Å²) >= 11 is 0. The van der Waals surface area contributed by atoms with E-state index in [1.165, 1.54) is 4.31 Å². The van der Waals surface area contributed by atoms with Crippen LogP contribution in [0.15, 0.2) is 29.2 Å². The van der Waals surface area contributed by atoms with Gasteiger partial charge in [-0.15, -0.1) is 12.4 Å². The highest BCUT2D eigenvalue weighted by molar-refractivity contribution is 7.89. The van der Waals surface area contributed by atoms with Gasteiger partial charge in [-0.05, 0) is 49.6 Å². The fourth-order valence-corrected chi connectivity index (χ4v) is 4.16. The van der Waals surface area contributed by atoms with E-state index in [0.717, 1.165) is 6.42 Å². The zero-order valence-corrected chi connectivity index (χ0v) is 15.9. The van der Waals surface area contributed by atoms with Crippen molar-refractivity contribution < 1.29 is 17.9 Å². The molecule has 0 radical (unpaired) electrons. The highest BCUT2D eigenvalue weighted by Crippen LogP contribution is 2.32. The van der Waals surface area contributed by atoms with Crippen LogP contribution < -0.4 is 10.5 Å². The monoisotopic (exact) mass is 378 g/mol. The number of nitrogens with two attached hydrogens (primary N) is 1.